The first-order valence-electron chi connectivity index (χ1n) is 13.2. The van der Waals surface area contributed by atoms with Crippen LogP contribution in [0, 0.1) is 22.3 Å². The van der Waals surface area contributed by atoms with Crippen LogP contribution in [-0.4, -0.2) is 29.7 Å². The molecule has 4 fully saturated rings. The summed E-state index contributed by atoms with van der Waals surface area (Å²) in [7, 11) is -4.60. The minimum absolute atomic E-state index is 0. The molecule has 0 aromatic heterocycles. The molecule has 0 aliphatic heterocycles. The van der Waals surface area contributed by atoms with Crippen LogP contribution < -0.4 is 5.30 Å². The van der Waals surface area contributed by atoms with Crippen LogP contribution in [0.2, 0.25) is 0 Å². The molecule has 0 unspecified atom stereocenters. The Morgan fingerprint density at radius 3 is 1.24 bits per heavy atom. The quantitative estimate of drug-likeness (QED) is 0.155. The molecule has 1 aromatic rings. The Balaban J connectivity index is -0.000000605. The molecule has 7 heteroatoms. The Kier molecular flexibility index (Phi) is 27.5. The number of hydrogen-bond acceptors (Lipinski definition) is 2. The molecule has 3 nitrogen and oxygen atoms in total. The summed E-state index contributed by atoms with van der Waals surface area (Å²) in [5.41, 5.74) is 4.29. The summed E-state index contributed by atoms with van der Waals surface area (Å²) in [6.45, 7) is 0. The van der Waals surface area contributed by atoms with Crippen molar-refractivity contribution in [1.82, 2.24) is 0 Å². The zero-order chi connectivity index (χ0) is 23.9. The Morgan fingerprint density at radius 1 is 0.649 bits per heavy atom. The van der Waals surface area contributed by atoms with Crippen LogP contribution in [0.15, 0.2) is 29.2 Å². The molecule has 37 heavy (non-hydrogen) atoms. The molecule has 0 spiro atoms. The van der Waals surface area contributed by atoms with E-state index < -0.39 is 18.0 Å². The van der Waals surface area contributed by atoms with Crippen molar-refractivity contribution in [1.29, 1.82) is 0 Å². The monoisotopic (exact) mass is 637 g/mol. The summed E-state index contributed by atoms with van der Waals surface area (Å²) < 4.78 is 33.1. The maximum absolute atomic E-state index is 11.8. The summed E-state index contributed by atoms with van der Waals surface area (Å²) in [6, 6.07) is 7.15. The van der Waals surface area contributed by atoms with Gasteiger partial charge in [0.15, 0.2) is 0 Å². The van der Waals surface area contributed by atoms with Gasteiger partial charge in [-0.2, -0.15) is 8.42 Å². The van der Waals surface area contributed by atoms with Gasteiger partial charge in [0.05, 0.1) is 0 Å². The Bertz CT molecular complexity index is 715. The molecule has 219 valence electrons. The average Bonchev–Trinajstić information content (AvgIpc) is 3.64. The van der Waals surface area contributed by atoms with E-state index in [9.17, 15) is 13.0 Å². The third-order valence-corrected chi connectivity index (χ3v) is 12.0. The molecule has 4 aliphatic carbocycles. The summed E-state index contributed by atoms with van der Waals surface area (Å²) in [4.78, 5) is 0.162. The molecule has 4 saturated carbocycles. The molecule has 0 amide bonds. The molecule has 0 radical (unpaired) electrons. The standard InChI is InChI=1S/C16H23O3PS.2C5H10.3CH3.CH2.2Fe/c17-21(18,19)16-12-6-5-11-15(16)20(13-7-1-2-8-13)14-9-3-4-10-14;2*1-2-4-5-3-1;;;;;;/h5-6,11-14H,1-4,7-10H2,(H,17,18,19);2*1-5H2;3*1H3;1H2;;/q;;;3*-1;;+1;+2. The topological polar surface area (TPSA) is 54.4 Å². The van der Waals surface area contributed by atoms with Crippen molar-refractivity contribution in [3.8, 4) is 0 Å². The Morgan fingerprint density at radius 2 is 0.946 bits per heavy atom. The molecule has 4 aliphatic rings. The molecule has 5 rings (SSSR count). The van der Waals surface area contributed by atoms with Gasteiger partial charge in [0, 0.05) is 0 Å². The number of rotatable bonds is 4. The average molecular weight is 637 g/mol. The molecular formula is C30H54Fe2O3PS. The predicted octanol–water partition coefficient (Wildman–Crippen LogP) is 9.14. The van der Waals surface area contributed by atoms with Gasteiger partial charge in [0.2, 0.25) is 0 Å². The van der Waals surface area contributed by atoms with Crippen molar-refractivity contribution < 1.29 is 45.6 Å². The Labute approximate surface area is 251 Å². The van der Waals surface area contributed by atoms with Crippen LogP contribution in [0.5, 0.6) is 0 Å². The van der Waals surface area contributed by atoms with E-state index in [0.29, 0.717) is 11.3 Å². The van der Waals surface area contributed by atoms with Crippen LogP contribution in [0.3, 0.4) is 0 Å². The van der Waals surface area contributed by atoms with Crippen molar-refractivity contribution in [2.45, 2.75) is 132 Å². The van der Waals surface area contributed by atoms with E-state index in [1.165, 1.54) is 116 Å². The van der Waals surface area contributed by atoms with Crippen molar-refractivity contribution >= 4 is 28.8 Å². The van der Waals surface area contributed by atoms with Crippen LogP contribution >= 0.6 is 7.92 Å². The van der Waals surface area contributed by atoms with Gasteiger partial charge in [-0.3, -0.25) is 4.55 Å². The second-order valence-electron chi connectivity index (χ2n) is 9.76. The van der Waals surface area contributed by atoms with Crippen LogP contribution in [0.25, 0.3) is 0 Å². The van der Waals surface area contributed by atoms with Crippen LogP contribution in [0.4, 0.5) is 0 Å². The second-order valence-corrected chi connectivity index (χ2v) is 13.9. The maximum atomic E-state index is 11.8. The Hall–Kier alpha value is 0.469. The van der Waals surface area contributed by atoms with Gasteiger partial charge in [0.1, 0.15) is 4.90 Å². The molecule has 0 saturated heterocycles. The molecule has 0 atom stereocenters. The van der Waals surface area contributed by atoms with Gasteiger partial charge >= 0.3 is 38.1 Å². The van der Waals surface area contributed by atoms with Gasteiger partial charge in [0.25, 0.3) is 10.1 Å². The van der Waals surface area contributed by atoms with Crippen LogP contribution in [-0.2, 0) is 42.8 Å². The molecule has 0 bridgehead atoms. The smallest absolute Gasteiger partial charge is 0.358 e. The minimum atomic E-state index is -4.12. The predicted molar refractivity (Wildman–Crippen MR) is 160 cm³/mol. The second kappa shape index (κ2) is 24.3. The number of benzene rings is 1. The zero-order valence-corrected chi connectivity index (χ0v) is 27.6. The summed E-state index contributed by atoms with van der Waals surface area (Å²) >= 11 is 3.00. The number of hydrogen-bond donors (Lipinski definition) is 1. The van der Waals surface area contributed by atoms with E-state index in [-0.39, 0.29) is 44.2 Å². The van der Waals surface area contributed by atoms with E-state index in [2.05, 4.69) is 21.0 Å². The molecule has 1 N–H and O–H groups in total. The minimum Gasteiger partial charge on any atom is -0.358 e. The maximum Gasteiger partial charge on any atom is 2.00 e. The molecular weight excluding hydrogens is 583 g/mol. The van der Waals surface area contributed by atoms with Crippen LogP contribution in [0.1, 0.15) is 116 Å². The largest absolute Gasteiger partial charge is 2.00 e. The van der Waals surface area contributed by atoms with Crippen molar-refractivity contribution in [3.63, 3.8) is 0 Å². The summed E-state index contributed by atoms with van der Waals surface area (Å²) in [6.07, 6.45) is 25.0. The van der Waals surface area contributed by atoms with Gasteiger partial charge in [-0.15, -0.1) is 0 Å². The SMILES string of the molecule is C1CCCC1.C1CCCC1.O=S(=O)(O)c1ccccc1P(C1CCCC1)C1CCCC1.[CH2]=[Fe+].[CH3-].[CH3-].[CH3-].[Fe+2]. The van der Waals surface area contributed by atoms with E-state index >= 15 is 0 Å². The van der Waals surface area contributed by atoms with E-state index in [1.54, 1.807) is 12.1 Å². The van der Waals surface area contributed by atoms with Crippen molar-refractivity contribution in [3.05, 3.63) is 46.5 Å². The normalized spacial score (nSPS) is 18.8. The molecule has 1 aromatic carbocycles. The van der Waals surface area contributed by atoms with Crippen molar-refractivity contribution in [2.24, 2.45) is 0 Å². The van der Waals surface area contributed by atoms with Gasteiger partial charge in [-0.1, -0.05) is 116 Å². The first kappa shape index (κ1) is 41.9. The first-order valence-corrected chi connectivity index (χ1v) is 16.9. The molecule has 0 heterocycles. The van der Waals surface area contributed by atoms with Gasteiger partial charge in [-0.25, -0.2) is 0 Å². The van der Waals surface area contributed by atoms with Gasteiger partial charge < -0.3 is 22.3 Å². The van der Waals surface area contributed by atoms with E-state index in [1.807, 2.05) is 12.1 Å². The van der Waals surface area contributed by atoms with E-state index in [4.69, 9.17) is 0 Å². The third-order valence-electron chi connectivity index (χ3n) is 7.36. The fraction of sp³-hybridized carbons (Fsp3) is 0.667. The fourth-order valence-electron chi connectivity index (χ4n) is 5.71. The summed E-state index contributed by atoms with van der Waals surface area (Å²) in [5.74, 6) is 0. The van der Waals surface area contributed by atoms with Crippen molar-refractivity contribution in [2.75, 3.05) is 0 Å². The first-order chi connectivity index (χ1) is 16.1. The zero-order valence-electron chi connectivity index (χ0n) is 23.7. The van der Waals surface area contributed by atoms with E-state index in [0.717, 1.165) is 5.30 Å². The fourth-order valence-corrected chi connectivity index (χ4v) is 10.8. The summed E-state index contributed by atoms with van der Waals surface area (Å²) in [5, 5.41) is 0.925. The third kappa shape index (κ3) is 15.2. The van der Waals surface area contributed by atoms with Gasteiger partial charge in [-0.05, 0) is 48.4 Å².